The zero-order valence-corrected chi connectivity index (χ0v) is 28.6. The Labute approximate surface area is 294 Å². The first kappa shape index (κ1) is 33.9. The van der Waals surface area contributed by atoms with Crippen LogP contribution in [0.1, 0.15) is 75.0 Å². The summed E-state index contributed by atoms with van der Waals surface area (Å²) in [6.45, 7) is 1.97. The first-order chi connectivity index (χ1) is 24.6. The number of amides is 3. The van der Waals surface area contributed by atoms with E-state index in [1.165, 1.54) is 28.9 Å². The van der Waals surface area contributed by atoms with Gasteiger partial charge in [0.05, 0.1) is 23.7 Å². The van der Waals surface area contributed by atoms with Gasteiger partial charge in [0.25, 0.3) is 11.8 Å². The van der Waals surface area contributed by atoms with Crippen molar-refractivity contribution in [1.29, 1.82) is 5.26 Å². The van der Waals surface area contributed by atoms with Crippen molar-refractivity contribution in [2.24, 2.45) is 5.92 Å². The summed E-state index contributed by atoms with van der Waals surface area (Å²) >= 11 is 0. The van der Waals surface area contributed by atoms with E-state index in [1.54, 1.807) is 31.1 Å². The molecule has 4 aromatic rings. The number of nitrogens with one attached hydrogen (secondary N) is 4. The minimum atomic E-state index is -1.14. The molecule has 3 aliphatic rings. The summed E-state index contributed by atoms with van der Waals surface area (Å²) < 4.78 is 15.1. The fraction of sp³-hybridized carbons (Fsp3) is 0.368. The van der Waals surface area contributed by atoms with Gasteiger partial charge >= 0.3 is 5.69 Å². The molecule has 0 radical (unpaired) electrons. The van der Waals surface area contributed by atoms with Crippen LogP contribution in [0.2, 0.25) is 0 Å². The highest BCUT2D eigenvalue weighted by Crippen LogP contribution is 2.48. The molecular formula is C38H39FN8O4. The molecule has 1 aliphatic heterocycles. The van der Waals surface area contributed by atoms with Gasteiger partial charge in [0.15, 0.2) is 0 Å². The first-order valence-corrected chi connectivity index (χ1v) is 17.2. The van der Waals surface area contributed by atoms with Gasteiger partial charge in [-0.1, -0.05) is 12.1 Å². The molecule has 2 fully saturated rings. The summed E-state index contributed by atoms with van der Waals surface area (Å²) in [5, 5.41) is 23.3. The molecule has 12 nitrogen and oxygen atoms in total. The van der Waals surface area contributed by atoms with Crippen molar-refractivity contribution in [3.8, 4) is 11.8 Å². The van der Waals surface area contributed by atoms with Gasteiger partial charge in [-0.3, -0.25) is 19.4 Å². The minimum absolute atomic E-state index is 0.0180. The van der Waals surface area contributed by atoms with E-state index < -0.39 is 23.0 Å². The number of carbonyl (C=O) groups is 3. The number of benzene rings is 3. The van der Waals surface area contributed by atoms with Gasteiger partial charge in [0, 0.05) is 37.3 Å². The van der Waals surface area contributed by atoms with Gasteiger partial charge in [0.2, 0.25) is 5.91 Å². The molecule has 3 amide bonds. The molecule has 4 atom stereocenters. The Morgan fingerprint density at radius 2 is 1.59 bits per heavy atom. The van der Waals surface area contributed by atoms with Gasteiger partial charge in [-0.2, -0.15) is 9.94 Å². The number of fused-ring (bicyclic) bond motifs is 3. The Morgan fingerprint density at radius 1 is 0.980 bits per heavy atom. The van der Waals surface area contributed by atoms with E-state index in [1.807, 2.05) is 31.2 Å². The molecule has 1 saturated heterocycles. The van der Waals surface area contributed by atoms with Crippen LogP contribution in [-0.4, -0.2) is 76.2 Å². The number of H-pyrrole nitrogens is 1. The summed E-state index contributed by atoms with van der Waals surface area (Å²) in [5.41, 5.74) is 2.99. The fourth-order valence-electron chi connectivity index (χ4n) is 8.08. The Bertz CT molecular complexity index is 2070. The number of aromatic amines is 1. The molecule has 3 aromatic carbocycles. The van der Waals surface area contributed by atoms with Crippen molar-refractivity contribution in [2.75, 3.05) is 20.6 Å². The van der Waals surface area contributed by atoms with Crippen molar-refractivity contribution in [2.45, 2.75) is 62.6 Å². The SMILES string of the molecule is CNC(=O)c1ccc2c(c1)CCc1cc(C(=O)NC)ccc1C2(C[C@@H](C)NCC(=O)N1[C@H](C#N)C[C@@H]2C[C@@H]21)c1nn(-c2ccc(F)cc2)c(=O)[nH]1. The number of nitriles is 1. The van der Waals surface area contributed by atoms with E-state index in [9.17, 15) is 28.8 Å². The van der Waals surface area contributed by atoms with Crippen molar-refractivity contribution >= 4 is 17.7 Å². The average Bonchev–Trinajstić information content (AvgIpc) is 3.68. The Kier molecular flexibility index (Phi) is 8.81. The molecule has 1 saturated carbocycles. The molecule has 13 heteroatoms. The third-order valence-electron chi connectivity index (χ3n) is 10.6. The second-order valence-electron chi connectivity index (χ2n) is 13.7. The maximum atomic E-state index is 13.9. The lowest BCUT2D eigenvalue weighted by molar-refractivity contribution is -0.131. The Morgan fingerprint density at radius 3 is 2.16 bits per heavy atom. The van der Waals surface area contributed by atoms with E-state index in [0.29, 0.717) is 54.2 Å². The second-order valence-corrected chi connectivity index (χ2v) is 13.7. The molecule has 0 bridgehead atoms. The van der Waals surface area contributed by atoms with Crippen molar-refractivity contribution in [3.63, 3.8) is 0 Å². The Balaban J connectivity index is 1.38. The van der Waals surface area contributed by atoms with Gasteiger partial charge < -0.3 is 20.9 Å². The highest BCUT2D eigenvalue weighted by molar-refractivity contribution is 5.95. The van der Waals surface area contributed by atoms with E-state index in [0.717, 1.165) is 28.7 Å². The number of hydrogen-bond donors (Lipinski definition) is 4. The van der Waals surface area contributed by atoms with Crippen molar-refractivity contribution in [3.05, 3.63) is 116 Å². The molecule has 2 aliphatic carbocycles. The largest absolute Gasteiger partial charge is 0.355 e. The quantitative estimate of drug-likeness (QED) is 0.210. The average molecular weight is 691 g/mol. The van der Waals surface area contributed by atoms with Crippen molar-refractivity contribution in [1.82, 2.24) is 35.6 Å². The van der Waals surface area contributed by atoms with Crippen LogP contribution in [0, 0.1) is 23.1 Å². The number of hydrogen-bond acceptors (Lipinski definition) is 7. The normalized spacial score (nSPS) is 20.2. The number of halogens is 1. The predicted octanol–water partition coefficient (Wildman–Crippen LogP) is 2.73. The summed E-state index contributed by atoms with van der Waals surface area (Å²) in [4.78, 5) is 57.5. The first-order valence-electron chi connectivity index (χ1n) is 17.2. The van der Waals surface area contributed by atoms with Gasteiger partial charge in [-0.15, -0.1) is 5.10 Å². The molecule has 1 aromatic heterocycles. The molecule has 7 rings (SSSR count). The Hall–Kier alpha value is -5.61. The topological polar surface area (TPSA) is 165 Å². The van der Waals surface area contributed by atoms with E-state index in [-0.39, 0.29) is 36.3 Å². The van der Waals surface area contributed by atoms with E-state index >= 15 is 0 Å². The molecule has 2 heterocycles. The number of nitrogens with zero attached hydrogens (tertiary/aromatic N) is 4. The monoisotopic (exact) mass is 690 g/mol. The lowest BCUT2D eigenvalue weighted by Gasteiger charge is -2.37. The molecule has 4 N–H and O–H groups in total. The highest BCUT2D eigenvalue weighted by Gasteiger charge is 2.54. The number of aromatic nitrogens is 3. The highest BCUT2D eigenvalue weighted by atomic mass is 19.1. The fourth-order valence-corrected chi connectivity index (χ4v) is 8.08. The smallest absolute Gasteiger partial charge is 0.348 e. The van der Waals surface area contributed by atoms with Crippen molar-refractivity contribution < 1.29 is 18.8 Å². The van der Waals surface area contributed by atoms with Crippen LogP contribution < -0.4 is 21.6 Å². The molecular weight excluding hydrogens is 651 g/mol. The summed E-state index contributed by atoms with van der Waals surface area (Å²) in [5.74, 6) is -0.368. The van der Waals surface area contributed by atoms with Gasteiger partial charge in [-0.05, 0) is 116 Å². The summed E-state index contributed by atoms with van der Waals surface area (Å²) in [6.07, 6.45) is 3.00. The van der Waals surface area contributed by atoms with Crippen LogP contribution in [-0.2, 0) is 23.1 Å². The maximum absolute atomic E-state index is 13.9. The van der Waals surface area contributed by atoms with E-state index in [2.05, 4.69) is 27.0 Å². The summed E-state index contributed by atoms with van der Waals surface area (Å²) in [6, 6.07) is 18.1. The van der Waals surface area contributed by atoms with Gasteiger partial charge in [-0.25, -0.2) is 9.18 Å². The van der Waals surface area contributed by atoms with Crippen LogP contribution in [0.25, 0.3) is 5.69 Å². The summed E-state index contributed by atoms with van der Waals surface area (Å²) in [7, 11) is 3.14. The standard InChI is InChI=1S/C38H39FN8O4/c1-21(43-20-33(48)46-29(19-40)16-26-17-32(26)46)18-38(36-44-37(51)47(45-36)28-10-8-27(39)9-11-28)30-12-6-24(34(49)41-2)14-22(30)4-5-23-15-25(35(50)42-3)7-13-31(23)38/h6-15,21,26,29,32,43H,4-5,16-18,20H2,1-3H3,(H,41,49)(H,42,50)(H,44,45,51)/t21-,26-,29+,32+/m1/s1. The van der Waals surface area contributed by atoms with E-state index in [4.69, 9.17) is 5.10 Å². The lowest BCUT2D eigenvalue weighted by atomic mass is 9.67. The van der Waals surface area contributed by atoms with Crippen LogP contribution in [0.3, 0.4) is 0 Å². The number of rotatable bonds is 9. The zero-order valence-electron chi connectivity index (χ0n) is 28.6. The third kappa shape index (κ3) is 5.99. The predicted molar refractivity (Wildman–Crippen MR) is 186 cm³/mol. The third-order valence-corrected chi connectivity index (χ3v) is 10.6. The van der Waals surface area contributed by atoms with Crippen LogP contribution >= 0.6 is 0 Å². The van der Waals surface area contributed by atoms with Crippen LogP contribution in [0.15, 0.2) is 65.5 Å². The molecule has 0 spiro atoms. The number of carbonyl (C=O) groups excluding carboxylic acids is 3. The number of aryl methyl sites for hydroxylation is 2. The zero-order chi connectivity index (χ0) is 36.0. The molecule has 0 unspecified atom stereocenters. The molecule has 262 valence electrons. The second kappa shape index (κ2) is 13.3. The lowest BCUT2D eigenvalue weighted by Crippen LogP contribution is -2.46. The number of piperidine rings is 1. The number of likely N-dealkylation sites (tertiary alicyclic amines) is 1. The minimum Gasteiger partial charge on any atom is -0.355 e. The van der Waals surface area contributed by atoms with Crippen LogP contribution in [0.5, 0.6) is 0 Å². The van der Waals surface area contributed by atoms with Gasteiger partial charge in [0.1, 0.15) is 17.7 Å². The maximum Gasteiger partial charge on any atom is 0.348 e. The van der Waals surface area contributed by atoms with Crippen LogP contribution in [0.4, 0.5) is 4.39 Å². The molecule has 51 heavy (non-hydrogen) atoms.